The Balaban J connectivity index is 1.79. The lowest BCUT2D eigenvalue weighted by molar-refractivity contribution is 0.178. The third kappa shape index (κ3) is 2.99. The highest BCUT2D eigenvalue weighted by Crippen LogP contribution is 2.25. The molecule has 22 heavy (non-hydrogen) atoms. The molecule has 0 spiro atoms. The maximum absolute atomic E-state index is 12.4. The molecule has 8 heteroatoms. The zero-order chi connectivity index (χ0) is 15.7. The molecular formula is C14H19N3O4S. The van der Waals surface area contributed by atoms with Crippen molar-refractivity contribution in [3.8, 4) is 0 Å². The molecule has 0 bridgehead atoms. The minimum absolute atomic E-state index is 0.108. The number of fused-ring (bicyclic) bond motifs is 1. The summed E-state index contributed by atoms with van der Waals surface area (Å²) in [6.07, 6.45) is 3.83. The summed E-state index contributed by atoms with van der Waals surface area (Å²) in [6, 6.07) is 1.55. The Kier molecular flexibility index (Phi) is 4.16. The van der Waals surface area contributed by atoms with Crippen molar-refractivity contribution in [1.82, 2.24) is 14.9 Å². The summed E-state index contributed by atoms with van der Waals surface area (Å²) >= 11 is 0. The summed E-state index contributed by atoms with van der Waals surface area (Å²) in [4.78, 5) is 4.13. The van der Waals surface area contributed by atoms with Crippen LogP contribution in [0, 0.1) is 5.92 Å². The number of hydrogen-bond acceptors (Lipinski definition) is 6. The Hall–Kier alpha value is -1.51. The van der Waals surface area contributed by atoms with Gasteiger partial charge in [-0.25, -0.2) is 18.1 Å². The first kappa shape index (κ1) is 15.4. The summed E-state index contributed by atoms with van der Waals surface area (Å²) < 4.78 is 32.4. The van der Waals surface area contributed by atoms with Crippen LogP contribution in [0.5, 0.6) is 0 Å². The second-order valence-electron chi connectivity index (χ2n) is 5.69. The SMILES string of the molecule is CCc1noc2ncc(S(=O)(=O)NCC3CCC(O)C3)cc12. The highest BCUT2D eigenvalue weighted by Gasteiger charge is 2.25. The lowest BCUT2D eigenvalue weighted by Gasteiger charge is -2.11. The van der Waals surface area contributed by atoms with Crippen molar-refractivity contribution >= 4 is 21.1 Å². The van der Waals surface area contributed by atoms with Gasteiger partial charge in [-0.1, -0.05) is 12.1 Å². The second kappa shape index (κ2) is 5.94. The van der Waals surface area contributed by atoms with Crippen LogP contribution in [-0.2, 0) is 16.4 Å². The highest BCUT2D eigenvalue weighted by molar-refractivity contribution is 7.89. The van der Waals surface area contributed by atoms with Gasteiger partial charge in [0, 0.05) is 6.54 Å². The van der Waals surface area contributed by atoms with Gasteiger partial charge in [0.2, 0.25) is 10.0 Å². The van der Waals surface area contributed by atoms with Crippen molar-refractivity contribution < 1.29 is 18.0 Å². The molecule has 2 aromatic heterocycles. The zero-order valence-electron chi connectivity index (χ0n) is 12.3. The Labute approximate surface area is 128 Å². The normalized spacial score (nSPS) is 22.5. The zero-order valence-corrected chi connectivity index (χ0v) is 13.1. The monoisotopic (exact) mass is 325 g/mol. The molecule has 2 atom stereocenters. The van der Waals surface area contributed by atoms with Crippen molar-refractivity contribution in [3.05, 3.63) is 18.0 Å². The standard InChI is InChI=1S/C14H19N3O4S/c1-2-13-12-6-11(8-15-14(12)21-17-13)22(19,20)16-7-9-3-4-10(18)5-9/h6,8-10,16,18H,2-5,7H2,1H3. The topological polar surface area (TPSA) is 105 Å². The molecule has 0 amide bonds. The molecule has 2 heterocycles. The number of nitrogens with one attached hydrogen (secondary N) is 1. The fourth-order valence-corrected chi connectivity index (χ4v) is 3.89. The number of aromatic nitrogens is 2. The first-order valence-corrected chi connectivity index (χ1v) is 8.90. The average molecular weight is 325 g/mol. The number of aliphatic hydroxyl groups is 1. The third-order valence-corrected chi connectivity index (χ3v) is 5.49. The molecule has 1 aliphatic rings. The maximum atomic E-state index is 12.4. The number of pyridine rings is 1. The smallest absolute Gasteiger partial charge is 0.258 e. The predicted molar refractivity (Wildman–Crippen MR) is 79.7 cm³/mol. The van der Waals surface area contributed by atoms with Crippen molar-refractivity contribution in [3.63, 3.8) is 0 Å². The lowest BCUT2D eigenvalue weighted by Crippen LogP contribution is -2.29. The van der Waals surface area contributed by atoms with E-state index in [9.17, 15) is 13.5 Å². The number of aryl methyl sites for hydroxylation is 1. The molecule has 1 fully saturated rings. The van der Waals surface area contributed by atoms with Gasteiger partial charge in [-0.2, -0.15) is 0 Å². The van der Waals surface area contributed by atoms with Gasteiger partial charge in [0.05, 0.1) is 23.4 Å². The van der Waals surface area contributed by atoms with Crippen LogP contribution < -0.4 is 4.72 Å². The number of aliphatic hydroxyl groups excluding tert-OH is 1. The quantitative estimate of drug-likeness (QED) is 0.856. The lowest BCUT2D eigenvalue weighted by atomic mass is 10.1. The fourth-order valence-electron chi connectivity index (χ4n) is 2.81. The Morgan fingerprint density at radius 3 is 2.95 bits per heavy atom. The Morgan fingerprint density at radius 1 is 1.45 bits per heavy atom. The molecule has 3 rings (SSSR count). The Bertz CT molecular complexity index is 771. The van der Waals surface area contributed by atoms with Gasteiger partial charge in [-0.05, 0) is 37.7 Å². The molecule has 7 nitrogen and oxygen atoms in total. The maximum Gasteiger partial charge on any atom is 0.258 e. The first-order chi connectivity index (χ1) is 10.5. The van der Waals surface area contributed by atoms with Crippen LogP contribution >= 0.6 is 0 Å². The van der Waals surface area contributed by atoms with Gasteiger partial charge in [0.25, 0.3) is 5.71 Å². The van der Waals surface area contributed by atoms with E-state index >= 15 is 0 Å². The largest absolute Gasteiger partial charge is 0.393 e. The van der Waals surface area contributed by atoms with Crippen LogP contribution in [0.15, 0.2) is 21.7 Å². The van der Waals surface area contributed by atoms with Crippen LogP contribution in [-0.4, -0.2) is 36.3 Å². The molecule has 0 aliphatic heterocycles. The third-order valence-electron chi connectivity index (χ3n) is 4.10. The van der Waals surface area contributed by atoms with E-state index in [4.69, 9.17) is 4.52 Å². The highest BCUT2D eigenvalue weighted by atomic mass is 32.2. The molecule has 0 saturated heterocycles. The van der Waals surface area contributed by atoms with E-state index in [0.29, 0.717) is 36.2 Å². The van der Waals surface area contributed by atoms with Crippen LogP contribution in [0.25, 0.3) is 11.1 Å². The van der Waals surface area contributed by atoms with E-state index in [2.05, 4.69) is 14.9 Å². The molecule has 2 N–H and O–H groups in total. The van der Waals surface area contributed by atoms with E-state index in [1.165, 1.54) is 6.20 Å². The van der Waals surface area contributed by atoms with Crippen molar-refractivity contribution in [1.29, 1.82) is 0 Å². The summed E-state index contributed by atoms with van der Waals surface area (Å²) in [6.45, 7) is 2.25. The molecule has 1 saturated carbocycles. The summed E-state index contributed by atoms with van der Waals surface area (Å²) in [5.41, 5.74) is 1.04. The first-order valence-electron chi connectivity index (χ1n) is 7.41. The van der Waals surface area contributed by atoms with Crippen LogP contribution in [0.2, 0.25) is 0 Å². The van der Waals surface area contributed by atoms with E-state index in [1.807, 2.05) is 6.92 Å². The summed E-state index contributed by atoms with van der Waals surface area (Å²) in [5.74, 6) is 0.184. The van der Waals surface area contributed by atoms with Crippen LogP contribution in [0.1, 0.15) is 31.9 Å². The van der Waals surface area contributed by atoms with E-state index in [1.54, 1.807) is 6.07 Å². The Morgan fingerprint density at radius 2 is 2.27 bits per heavy atom. The van der Waals surface area contributed by atoms with Gasteiger partial charge in [0.1, 0.15) is 4.90 Å². The number of hydrogen-bond donors (Lipinski definition) is 2. The van der Waals surface area contributed by atoms with Gasteiger partial charge in [-0.3, -0.25) is 0 Å². The molecule has 1 aliphatic carbocycles. The molecule has 2 aromatic rings. The predicted octanol–water partition coefficient (Wildman–Crippen LogP) is 1.22. The molecule has 2 unspecified atom stereocenters. The molecular weight excluding hydrogens is 306 g/mol. The number of nitrogens with zero attached hydrogens (tertiary/aromatic N) is 2. The van der Waals surface area contributed by atoms with Crippen molar-refractivity contribution in [2.24, 2.45) is 5.92 Å². The van der Waals surface area contributed by atoms with Crippen LogP contribution in [0.3, 0.4) is 0 Å². The van der Waals surface area contributed by atoms with E-state index in [0.717, 1.165) is 12.8 Å². The van der Waals surface area contributed by atoms with Gasteiger partial charge in [-0.15, -0.1) is 0 Å². The molecule has 0 radical (unpaired) electrons. The van der Waals surface area contributed by atoms with Gasteiger partial charge in [0.15, 0.2) is 0 Å². The van der Waals surface area contributed by atoms with Crippen LogP contribution in [0.4, 0.5) is 0 Å². The number of rotatable bonds is 5. The van der Waals surface area contributed by atoms with Gasteiger partial charge < -0.3 is 9.63 Å². The molecule has 0 aromatic carbocycles. The number of sulfonamides is 1. The second-order valence-corrected chi connectivity index (χ2v) is 7.46. The van der Waals surface area contributed by atoms with Crippen molar-refractivity contribution in [2.75, 3.05) is 6.54 Å². The average Bonchev–Trinajstić information content (AvgIpc) is 3.10. The van der Waals surface area contributed by atoms with E-state index < -0.39 is 10.0 Å². The van der Waals surface area contributed by atoms with Gasteiger partial charge >= 0.3 is 0 Å². The summed E-state index contributed by atoms with van der Waals surface area (Å²) in [5, 5.41) is 14.0. The van der Waals surface area contributed by atoms with E-state index in [-0.39, 0.29) is 16.9 Å². The molecule has 120 valence electrons. The minimum Gasteiger partial charge on any atom is -0.393 e. The van der Waals surface area contributed by atoms with Crippen molar-refractivity contribution in [2.45, 2.75) is 43.6 Å². The fraction of sp³-hybridized carbons (Fsp3) is 0.571. The minimum atomic E-state index is -3.62. The summed E-state index contributed by atoms with van der Waals surface area (Å²) in [7, 11) is -3.62.